The van der Waals surface area contributed by atoms with Gasteiger partial charge in [-0.3, -0.25) is 4.79 Å². The third kappa shape index (κ3) is 3.94. The summed E-state index contributed by atoms with van der Waals surface area (Å²) >= 11 is 0. The SMILES string of the molecule is Cc1c(N2CCOCC2)c(C)n(Cc2ccc(F)c(F)c2)c1C(=O)N1CCOCC1. The Morgan fingerprint density at radius 1 is 0.967 bits per heavy atom. The molecule has 1 amide bonds. The molecule has 0 spiro atoms. The van der Waals surface area contributed by atoms with Crippen molar-refractivity contribution in [2.75, 3.05) is 57.5 Å². The molecule has 2 saturated heterocycles. The molecule has 0 unspecified atom stereocenters. The van der Waals surface area contributed by atoms with Gasteiger partial charge >= 0.3 is 0 Å². The molecule has 2 aliphatic heterocycles. The number of morpholine rings is 2. The zero-order valence-electron chi connectivity index (χ0n) is 17.4. The van der Waals surface area contributed by atoms with Gasteiger partial charge in [0.15, 0.2) is 11.6 Å². The summed E-state index contributed by atoms with van der Waals surface area (Å²) in [5.74, 6) is -1.82. The van der Waals surface area contributed by atoms with E-state index in [1.54, 1.807) is 11.0 Å². The minimum absolute atomic E-state index is 0.0546. The molecule has 2 aliphatic rings. The highest BCUT2D eigenvalue weighted by atomic mass is 19.2. The zero-order valence-corrected chi connectivity index (χ0v) is 17.4. The summed E-state index contributed by atoms with van der Waals surface area (Å²) in [6.45, 7) is 9.14. The van der Waals surface area contributed by atoms with Crippen LogP contribution in [0.25, 0.3) is 0 Å². The number of amides is 1. The molecular weight excluding hydrogens is 392 g/mol. The average molecular weight is 419 g/mol. The van der Waals surface area contributed by atoms with Gasteiger partial charge in [0.25, 0.3) is 5.91 Å². The van der Waals surface area contributed by atoms with Crippen LogP contribution in [0.2, 0.25) is 0 Å². The average Bonchev–Trinajstić information content (AvgIpc) is 3.01. The topological polar surface area (TPSA) is 46.9 Å². The predicted molar refractivity (Wildman–Crippen MR) is 109 cm³/mol. The monoisotopic (exact) mass is 419 g/mol. The Kier molecular flexibility index (Phi) is 6.06. The molecule has 0 atom stereocenters. The van der Waals surface area contributed by atoms with Crippen LogP contribution < -0.4 is 4.90 Å². The second-order valence-corrected chi connectivity index (χ2v) is 7.75. The first-order chi connectivity index (χ1) is 14.5. The van der Waals surface area contributed by atoms with E-state index in [0.29, 0.717) is 57.3 Å². The lowest BCUT2D eigenvalue weighted by atomic mass is 10.1. The van der Waals surface area contributed by atoms with Crippen molar-refractivity contribution >= 4 is 11.6 Å². The van der Waals surface area contributed by atoms with E-state index in [4.69, 9.17) is 9.47 Å². The number of nitrogens with zero attached hydrogens (tertiary/aromatic N) is 3. The number of hydrogen-bond donors (Lipinski definition) is 0. The number of carbonyl (C=O) groups excluding carboxylic acids is 1. The van der Waals surface area contributed by atoms with Crippen LogP contribution in [0.3, 0.4) is 0 Å². The largest absolute Gasteiger partial charge is 0.378 e. The molecule has 8 heteroatoms. The minimum Gasteiger partial charge on any atom is -0.378 e. The number of ether oxygens (including phenoxy) is 2. The Morgan fingerprint density at radius 2 is 1.60 bits per heavy atom. The molecule has 0 N–H and O–H groups in total. The summed E-state index contributed by atoms with van der Waals surface area (Å²) in [5, 5.41) is 0. The van der Waals surface area contributed by atoms with Crippen LogP contribution in [0.5, 0.6) is 0 Å². The van der Waals surface area contributed by atoms with Crippen molar-refractivity contribution in [1.29, 1.82) is 0 Å². The molecule has 0 saturated carbocycles. The van der Waals surface area contributed by atoms with Crippen molar-refractivity contribution in [2.45, 2.75) is 20.4 Å². The summed E-state index contributed by atoms with van der Waals surface area (Å²) in [7, 11) is 0. The second-order valence-electron chi connectivity index (χ2n) is 7.75. The van der Waals surface area contributed by atoms with Gasteiger partial charge in [-0.15, -0.1) is 0 Å². The normalized spacial score (nSPS) is 17.5. The molecule has 1 aromatic heterocycles. The summed E-state index contributed by atoms with van der Waals surface area (Å²) in [5.41, 5.74) is 4.08. The molecule has 6 nitrogen and oxygen atoms in total. The highest BCUT2D eigenvalue weighted by Gasteiger charge is 2.30. The van der Waals surface area contributed by atoms with E-state index in [1.165, 1.54) is 6.07 Å². The molecule has 0 radical (unpaired) electrons. The molecule has 0 aliphatic carbocycles. The van der Waals surface area contributed by atoms with Crippen molar-refractivity contribution in [3.63, 3.8) is 0 Å². The van der Waals surface area contributed by atoms with E-state index >= 15 is 0 Å². The van der Waals surface area contributed by atoms with Crippen LogP contribution >= 0.6 is 0 Å². The van der Waals surface area contributed by atoms with Gasteiger partial charge in [0.1, 0.15) is 5.69 Å². The standard InChI is InChI=1S/C22H27F2N3O3/c1-15-20(25-5-9-29-10-6-25)16(2)27(14-17-3-4-18(23)19(24)13-17)21(15)22(28)26-7-11-30-12-8-26/h3-4,13H,5-12,14H2,1-2H3. The maximum atomic E-state index is 13.8. The first-order valence-corrected chi connectivity index (χ1v) is 10.3. The lowest BCUT2D eigenvalue weighted by molar-refractivity contribution is 0.0295. The van der Waals surface area contributed by atoms with Gasteiger partial charge in [0.2, 0.25) is 0 Å². The van der Waals surface area contributed by atoms with Crippen LogP contribution in [0.1, 0.15) is 27.3 Å². The predicted octanol–water partition coefficient (Wildman–Crippen LogP) is 2.74. The molecular formula is C22H27F2N3O3. The Hall–Kier alpha value is -2.45. The van der Waals surface area contributed by atoms with Crippen molar-refractivity contribution in [1.82, 2.24) is 9.47 Å². The van der Waals surface area contributed by atoms with Gasteiger partial charge < -0.3 is 23.8 Å². The first kappa shape index (κ1) is 20.8. The Morgan fingerprint density at radius 3 is 2.23 bits per heavy atom. The van der Waals surface area contributed by atoms with E-state index in [0.717, 1.165) is 36.1 Å². The van der Waals surface area contributed by atoms with E-state index in [2.05, 4.69) is 4.90 Å². The first-order valence-electron chi connectivity index (χ1n) is 10.3. The fraction of sp³-hybridized carbons (Fsp3) is 0.500. The van der Waals surface area contributed by atoms with E-state index < -0.39 is 11.6 Å². The lowest BCUT2D eigenvalue weighted by Crippen LogP contribution is -2.41. The van der Waals surface area contributed by atoms with Crippen molar-refractivity contribution in [2.24, 2.45) is 0 Å². The highest BCUT2D eigenvalue weighted by molar-refractivity contribution is 5.96. The fourth-order valence-electron chi connectivity index (χ4n) is 4.34. The quantitative estimate of drug-likeness (QED) is 0.765. The molecule has 30 heavy (non-hydrogen) atoms. The van der Waals surface area contributed by atoms with Crippen LogP contribution in [0, 0.1) is 25.5 Å². The number of aromatic nitrogens is 1. The number of rotatable bonds is 4. The Bertz CT molecular complexity index is 932. The van der Waals surface area contributed by atoms with Gasteiger partial charge in [0, 0.05) is 44.0 Å². The molecule has 2 aromatic rings. The number of anilines is 1. The third-order valence-corrected chi connectivity index (χ3v) is 5.88. The highest BCUT2D eigenvalue weighted by Crippen LogP contribution is 2.33. The van der Waals surface area contributed by atoms with Crippen LogP contribution in [0.4, 0.5) is 14.5 Å². The maximum Gasteiger partial charge on any atom is 0.271 e. The molecule has 3 heterocycles. The number of halogens is 2. The smallest absolute Gasteiger partial charge is 0.271 e. The number of hydrogen-bond acceptors (Lipinski definition) is 4. The molecule has 4 rings (SSSR count). The number of carbonyl (C=O) groups is 1. The van der Waals surface area contributed by atoms with Gasteiger partial charge in [-0.05, 0) is 31.5 Å². The van der Waals surface area contributed by atoms with Crippen LogP contribution in [-0.4, -0.2) is 68.0 Å². The fourth-order valence-corrected chi connectivity index (χ4v) is 4.34. The van der Waals surface area contributed by atoms with Crippen LogP contribution in [0.15, 0.2) is 18.2 Å². The van der Waals surface area contributed by atoms with E-state index in [1.807, 2.05) is 18.4 Å². The van der Waals surface area contributed by atoms with Gasteiger partial charge in [-0.1, -0.05) is 6.07 Å². The van der Waals surface area contributed by atoms with Crippen molar-refractivity contribution < 1.29 is 23.0 Å². The number of benzene rings is 1. The van der Waals surface area contributed by atoms with Gasteiger partial charge in [-0.25, -0.2) is 8.78 Å². The van der Waals surface area contributed by atoms with Gasteiger partial charge in [0.05, 0.1) is 32.1 Å². The molecule has 0 bridgehead atoms. The zero-order chi connectivity index (χ0) is 21.3. The molecule has 2 fully saturated rings. The van der Waals surface area contributed by atoms with Crippen molar-refractivity contribution in [3.8, 4) is 0 Å². The Labute approximate surface area is 175 Å². The second kappa shape index (κ2) is 8.73. The molecule has 1 aromatic carbocycles. The summed E-state index contributed by atoms with van der Waals surface area (Å²) < 4.78 is 40.0. The lowest BCUT2D eigenvalue weighted by Gasteiger charge is -2.30. The molecule has 162 valence electrons. The van der Waals surface area contributed by atoms with Gasteiger partial charge in [-0.2, -0.15) is 0 Å². The summed E-state index contributed by atoms with van der Waals surface area (Å²) in [4.78, 5) is 17.5. The summed E-state index contributed by atoms with van der Waals surface area (Å²) in [6.07, 6.45) is 0. The van der Waals surface area contributed by atoms with Crippen LogP contribution in [-0.2, 0) is 16.0 Å². The maximum absolute atomic E-state index is 13.8. The van der Waals surface area contributed by atoms with E-state index in [-0.39, 0.29) is 5.91 Å². The van der Waals surface area contributed by atoms with Crippen molar-refractivity contribution in [3.05, 3.63) is 52.3 Å². The minimum atomic E-state index is -0.886. The summed E-state index contributed by atoms with van der Waals surface area (Å²) in [6, 6.07) is 3.88. The third-order valence-electron chi connectivity index (χ3n) is 5.88. The Balaban J connectivity index is 1.76. The van der Waals surface area contributed by atoms with E-state index in [9.17, 15) is 13.6 Å².